The molecule has 0 radical (unpaired) electrons. The summed E-state index contributed by atoms with van der Waals surface area (Å²) in [5.74, 6) is 0. The summed E-state index contributed by atoms with van der Waals surface area (Å²) >= 11 is 0. The SMILES string of the molecule is Cc1[nH][nH]c(=O)c1N=Nc1ccc(S(=O)(=O)N2CCc3ccccc32)cc1. The van der Waals surface area contributed by atoms with Gasteiger partial charge in [0.1, 0.15) is 0 Å². The fourth-order valence-corrected chi connectivity index (χ4v) is 4.54. The number of sulfonamides is 1. The summed E-state index contributed by atoms with van der Waals surface area (Å²) in [7, 11) is -3.64. The molecule has 1 aliphatic rings. The summed E-state index contributed by atoms with van der Waals surface area (Å²) in [6.07, 6.45) is 0.701. The van der Waals surface area contributed by atoms with E-state index in [9.17, 15) is 13.2 Å². The van der Waals surface area contributed by atoms with Gasteiger partial charge in [-0.2, -0.15) is 5.11 Å². The highest BCUT2D eigenvalue weighted by Gasteiger charge is 2.30. The van der Waals surface area contributed by atoms with Gasteiger partial charge in [-0.15, -0.1) is 5.11 Å². The summed E-state index contributed by atoms with van der Waals surface area (Å²) in [4.78, 5) is 11.8. The molecule has 2 aromatic carbocycles. The van der Waals surface area contributed by atoms with E-state index >= 15 is 0 Å². The van der Waals surface area contributed by atoms with Gasteiger partial charge in [-0.3, -0.25) is 14.2 Å². The number of nitrogens with one attached hydrogen (secondary N) is 2. The first-order valence-corrected chi connectivity index (χ1v) is 9.80. The molecular weight excluding hydrogens is 366 g/mol. The molecule has 0 unspecified atom stereocenters. The van der Waals surface area contributed by atoms with Crippen molar-refractivity contribution in [2.24, 2.45) is 10.2 Å². The van der Waals surface area contributed by atoms with Crippen molar-refractivity contribution in [3.05, 3.63) is 70.1 Å². The summed E-state index contributed by atoms with van der Waals surface area (Å²) < 4.78 is 27.4. The van der Waals surface area contributed by atoms with Crippen LogP contribution >= 0.6 is 0 Å². The number of nitrogens with zero attached hydrogens (tertiary/aromatic N) is 3. The number of para-hydroxylation sites is 1. The fraction of sp³-hybridized carbons (Fsp3) is 0.167. The van der Waals surface area contributed by atoms with E-state index in [0.29, 0.717) is 24.3 Å². The first-order valence-electron chi connectivity index (χ1n) is 8.36. The van der Waals surface area contributed by atoms with Crippen LogP contribution in [0.3, 0.4) is 0 Å². The van der Waals surface area contributed by atoms with Gasteiger partial charge in [0.05, 0.1) is 22.0 Å². The third-order valence-corrected chi connectivity index (χ3v) is 6.30. The lowest BCUT2D eigenvalue weighted by atomic mass is 10.2. The van der Waals surface area contributed by atoms with Crippen LogP contribution in [-0.4, -0.2) is 25.2 Å². The van der Waals surface area contributed by atoms with Crippen molar-refractivity contribution in [1.82, 2.24) is 10.2 Å². The van der Waals surface area contributed by atoms with Gasteiger partial charge in [-0.25, -0.2) is 8.42 Å². The Labute approximate surface area is 155 Å². The lowest BCUT2D eigenvalue weighted by Gasteiger charge is -2.19. The molecular formula is C18H17N5O3S. The minimum absolute atomic E-state index is 0.189. The summed E-state index contributed by atoms with van der Waals surface area (Å²) in [5, 5.41) is 13.0. The molecule has 1 aromatic heterocycles. The molecule has 9 heteroatoms. The highest BCUT2D eigenvalue weighted by atomic mass is 32.2. The zero-order chi connectivity index (χ0) is 19.0. The second-order valence-corrected chi connectivity index (χ2v) is 8.06. The van der Waals surface area contributed by atoms with Crippen molar-refractivity contribution in [3.63, 3.8) is 0 Å². The van der Waals surface area contributed by atoms with Gasteiger partial charge in [0, 0.05) is 6.54 Å². The number of rotatable bonds is 4. The van der Waals surface area contributed by atoms with Crippen molar-refractivity contribution in [2.45, 2.75) is 18.2 Å². The van der Waals surface area contributed by atoms with Crippen molar-refractivity contribution in [3.8, 4) is 0 Å². The van der Waals surface area contributed by atoms with E-state index < -0.39 is 10.0 Å². The molecule has 0 atom stereocenters. The van der Waals surface area contributed by atoms with E-state index in [2.05, 4.69) is 20.4 Å². The summed E-state index contributed by atoms with van der Waals surface area (Å²) in [6, 6.07) is 13.6. The lowest BCUT2D eigenvalue weighted by molar-refractivity contribution is 0.592. The highest BCUT2D eigenvalue weighted by Crippen LogP contribution is 2.33. The smallest absolute Gasteiger partial charge is 0.291 e. The Morgan fingerprint density at radius 3 is 2.44 bits per heavy atom. The maximum absolute atomic E-state index is 13.0. The van der Waals surface area contributed by atoms with Crippen molar-refractivity contribution in [2.75, 3.05) is 10.8 Å². The van der Waals surface area contributed by atoms with Crippen LogP contribution < -0.4 is 9.86 Å². The Kier molecular flexibility index (Phi) is 4.15. The van der Waals surface area contributed by atoms with Crippen LogP contribution in [0.1, 0.15) is 11.3 Å². The minimum Gasteiger partial charge on any atom is -0.300 e. The van der Waals surface area contributed by atoms with E-state index in [1.165, 1.54) is 16.4 Å². The van der Waals surface area contributed by atoms with Crippen LogP contribution in [0.2, 0.25) is 0 Å². The number of fused-ring (bicyclic) bond motifs is 1. The van der Waals surface area contributed by atoms with Crippen molar-refractivity contribution >= 4 is 27.1 Å². The number of hydrogen-bond donors (Lipinski definition) is 2. The molecule has 2 N–H and O–H groups in total. The van der Waals surface area contributed by atoms with Gasteiger partial charge in [0.25, 0.3) is 15.6 Å². The van der Waals surface area contributed by atoms with Crippen molar-refractivity contribution < 1.29 is 8.42 Å². The average Bonchev–Trinajstić information content (AvgIpc) is 3.24. The molecule has 4 rings (SSSR count). The van der Waals surface area contributed by atoms with E-state index in [-0.39, 0.29) is 16.1 Å². The molecule has 0 amide bonds. The number of H-pyrrole nitrogens is 2. The Bertz CT molecular complexity index is 1180. The van der Waals surface area contributed by atoms with E-state index in [0.717, 1.165) is 11.3 Å². The predicted molar refractivity (Wildman–Crippen MR) is 101 cm³/mol. The van der Waals surface area contributed by atoms with Gasteiger partial charge in [-0.05, 0) is 49.2 Å². The standard InChI is InChI=1S/C18H17N5O3S/c1-12-17(18(24)22-19-12)21-20-14-6-8-15(9-7-14)27(25,26)23-11-10-13-4-2-3-5-16(13)23/h2-9H,10-11H2,1H3,(H2,19,22,24). The number of aromatic nitrogens is 2. The van der Waals surface area contributed by atoms with Crippen LogP contribution in [-0.2, 0) is 16.4 Å². The molecule has 27 heavy (non-hydrogen) atoms. The molecule has 138 valence electrons. The number of benzene rings is 2. The second-order valence-electron chi connectivity index (χ2n) is 6.20. The van der Waals surface area contributed by atoms with Crippen LogP contribution in [0.4, 0.5) is 17.1 Å². The Morgan fingerprint density at radius 2 is 1.74 bits per heavy atom. The first-order chi connectivity index (χ1) is 13.0. The van der Waals surface area contributed by atoms with E-state index in [1.54, 1.807) is 19.1 Å². The third kappa shape index (κ3) is 3.06. The molecule has 3 aromatic rings. The zero-order valence-corrected chi connectivity index (χ0v) is 15.3. The second kappa shape index (κ2) is 6.51. The molecule has 0 bridgehead atoms. The number of azo groups is 1. The summed E-state index contributed by atoms with van der Waals surface area (Å²) in [5.41, 5.74) is 2.62. The van der Waals surface area contributed by atoms with E-state index in [1.807, 2.05) is 24.3 Å². The zero-order valence-electron chi connectivity index (χ0n) is 14.5. The van der Waals surface area contributed by atoms with Gasteiger partial charge in [0.2, 0.25) is 0 Å². The fourth-order valence-electron chi connectivity index (χ4n) is 3.04. The van der Waals surface area contributed by atoms with E-state index in [4.69, 9.17) is 0 Å². The third-order valence-electron chi connectivity index (χ3n) is 4.47. The topological polar surface area (TPSA) is 111 Å². The average molecular weight is 383 g/mol. The van der Waals surface area contributed by atoms with Crippen LogP contribution in [0.25, 0.3) is 0 Å². The minimum atomic E-state index is -3.64. The Morgan fingerprint density at radius 1 is 1.00 bits per heavy atom. The largest absolute Gasteiger partial charge is 0.300 e. The molecule has 2 heterocycles. The van der Waals surface area contributed by atoms with Gasteiger partial charge >= 0.3 is 0 Å². The lowest BCUT2D eigenvalue weighted by Crippen LogP contribution is -2.29. The van der Waals surface area contributed by atoms with Crippen LogP contribution in [0.15, 0.2) is 68.4 Å². The van der Waals surface area contributed by atoms with Crippen LogP contribution in [0, 0.1) is 6.92 Å². The Balaban J connectivity index is 1.60. The van der Waals surface area contributed by atoms with Crippen LogP contribution in [0.5, 0.6) is 0 Å². The quantitative estimate of drug-likeness (QED) is 0.675. The molecule has 0 saturated carbocycles. The van der Waals surface area contributed by atoms with Crippen molar-refractivity contribution in [1.29, 1.82) is 0 Å². The van der Waals surface area contributed by atoms with Gasteiger partial charge in [-0.1, -0.05) is 18.2 Å². The Hall–Kier alpha value is -3.20. The highest BCUT2D eigenvalue weighted by molar-refractivity contribution is 7.92. The maximum atomic E-state index is 13.0. The molecule has 0 fully saturated rings. The molecule has 0 spiro atoms. The normalized spacial score (nSPS) is 14.0. The monoisotopic (exact) mass is 383 g/mol. The first kappa shape index (κ1) is 17.2. The molecule has 0 aliphatic carbocycles. The van der Waals surface area contributed by atoms with Gasteiger partial charge < -0.3 is 5.10 Å². The predicted octanol–water partition coefficient (Wildman–Crippen LogP) is 3.18. The maximum Gasteiger partial charge on any atom is 0.291 e. The number of aryl methyl sites for hydroxylation is 1. The number of aromatic amines is 2. The summed E-state index contributed by atoms with van der Waals surface area (Å²) in [6.45, 7) is 2.13. The number of anilines is 1. The molecule has 1 aliphatic heterocycles. The molecule has 8 nitrogen and oxygen atoms in total. The number of hydrogen-bond acceptors (Lipinski definition) is 5. The van der Waals surface area contributed by atoms with Gasteiger partial charge in [0.15, 0.2) is 5.69 Å². The molecule has 0 saturated heterocycles.